The van der Waals surface area contributed by atoms with E-state index in [1.807, 2.05) is 0 Å². The summed E-state index contributed by atoms with van der Waals surface area (Å²) in [6.07, 6.45) is 0. The molecule has 102 heavy (non-hydrogen) atoms. The summed E-state index contributed by atoms with van der Waals surface area (Å²) in [5, 5.41) is 15.1. The van der Waals surface area contributed by atoms with E-state index in [-0.39, 0.29) is 0 Å². The highest BCUT2D eigenvalue weighted by molar-refractivity contribution is 6.16. The summed E-state index contributed by atoms with van der Waals surface area (Å²) in [5.41, 5.74) is 26.3. The fourth-order valence-corrected chi connectivity index (χ4v) is 16.8. The molecule has 22 rings (SSSR count). The van der Waals surface area contributed by atoms with Gasteiger partial charge in [-0.3, -0.25) is 0 Å². The smallest absolute Gasteiger partial charge is 0.0542 e. The van der Waals surface area contributed by atoms with Crippen molar-refractivity contribution < 1.29 is 0 Å². The highest BCUT2D eigenvalue weighted by Gasteiger charge is 2.21. The van der Waals surface area contributed by atoms with Gasteiger partial charge in [0.15, 0.2) is 0 Å². The molecule has 0 saturated heterocycles. The van der Waals surface area contributed by atoms with Crippen LogP contribution in [0.25, 0.3) is 187 Å². The third-order valence-corrected chi connectivity index (χ3v) is 21.3. The van der Waals surface area contributed by atoms with Crippen molar-refractivity contribution >= 4 is 131 Å². The second-order valence-electron chi connectivity index (χ2n) is 26.8. The van der Waals surface area contributed by atoms with Crippen LogP contribution in [-0.4, -0.2) is 27.4 Å². The molecule has 0 radical (unpaired) electrons. The molecule has 0 amide bonds. The molecule has 0 aliphatic rings. The predicted octanol–water partition coefficient (Wildman–Crippen LogP) is 25.3. The summed E-state index contributed by atoms with van der Waals surface area (Å²) in [5.74, 6) is 0. The Kier molecular flexibility index (Phi) is 12.9. The van der Waals surface area contributed by atoms with Crippen LogP contribution in [0.4, 0.5) is 0 Å². The number of fused-ring (bicyclic) bond motifs is 18. The molecule has 0 saturated carbocycles. The third kappa shape index (κ3) is 8.86. The van der Waals surface area contributed by atoms with Gasteiger partial charge in [0.05, 0.1) is 66.2 Å². The molecule has 0 bridgehead atoms. The van der Waals surface area contributed by atoms with Crippen molar-refractivity contribution in [1.29, 1.82) is 0 Å². The number of hydrogen-bond acceptors (Lipinski definition) is 0. The first-order chi connectivity index (χ1) is 50.6. The summed E-state index contributed by atoms with van der Waals surface area (Å²) in [4.78, 5) is 0. The van der Waals surface area contributed by atoms with Gasteiger partial charge in [0.25, 0.3) is 0 Å². The fraction of sp³-hybridized carbons (Fsp3) is 0. The summed E-state index contributed by atoms with van der Waals surface area (Å²) < 4.78 is 14.4. The lowest BCUT2D eigenvalue weighted by atomic mass is 10.0. The van der Waals surface area contributed by atoms with Crippen LogP contribution < -0.4 is 0 Å². The number of para-hydroxylation sites is 10. The van der Waals surface area contributed by atoms with Crippen molar-refractivity contribution in [2.24, 2.45) is 0 Å². The van der Waals surface area contributed by atoms with Gasteiger partial charge in [0.1, 0.15) is 0 Å². The van der Waals surface area contributed by atoms with Crippen molar-refractivity contribution in [3.8, 4) is 56.4 Å². The topological polar surface area (TPSA) is 29.6 Å². The van der Waals surface area contributed by atoms with Gasteiger partial charge in [-0.25, -0.2) is 0 Å². The van der Waals surface area contributed by atoms with Gasteiger partial charge < -0.3 is 27.4 Å². The standard InChI is InChI=1S/2C48H31N3/c1-2-14-34(15-3-1)49-45-23-10-7-20-40(45)42-31-36(26-28-48(42)49)51-46-24-11-6-19-39(46)41-30-33(25-27-47(41)51)32-13-12-16-35(29-32)50-43-21-8-4-17-37(43)38-18-5-9-22-44(38)50;1-2-12-34(13-3-1)49-45-20-10-7-17-40(45)42-31-36(27-29-48(42)49)51-46-21-11-6-16-39(46)41-30-33(24-28-47(41)51)32-22-25-35(26-23-32)50-43-18-8-4-14-37(43)38-15-5-9-19-44(38)50/h2*1-31H. The Labute approximate surface area is 587 Å². The first-order valence-corrected chi connectivity index (χ1v) is 35.1. The Balaban J connectivity index is 0.000000133. The van der Waals surface area contributed by atoms with Crippen molar-refractivity contribution in [3.05, 3.63) is 376 Å². The van der Waals surface area contributed by atoms with Crippen LogP contribution >= 0.6 is 0 Å². The van der Waals surface area contributed by atoms with Crippen LogP contribution in [0, 0.1) is 0 Å². The maximum Gasteiger partial charge on any atom is 0.0542 e. The lowest BCUT2D eigenvalue weighted by Gasteiger charge is -2.11. The zero-order valence-corrected chi connectivity index (χ0v) is 55.5. The molecular weight excluding hydrogens is 1240 g/mol. The molecule has 16 aromatic carbocycles. The normalized spacial score (nSPS) is 11.9. The molecule has 0 spiro atoms. The minimum atomic E-state index is 1.16. The molecular formula is C96H62N6. The minimum Gasteiger partial charge on any atom is -0.309 e. The van der Waals surface area contributed by atoms with E-state index in [1.54, 1.807) is 0 Å². The summed E-state index contributed by atoms with van der Waals surface area (Å²) in [6.45, 7) is 0. The van der Waals surface area contributed by atoms with Crippen molar-refractivity contribution in [2.45, 2.75) is 0 Å². The zero-order valence-electron chi connectivity index (χ0n) is 55.5. The molecule has 6 heteroatoms. The average Bonchev–Trinajstić information content (AvgIpc) is 1.56. The molecule has 6 heterocycles. The second-order valence-corrected chi connectivity index (χ2v) is 26.8. The maximum atomic E-state index is 2.43. The van der Waals surface area contributed by atoms with Gasteiger partial charge in [-0.1, -0.05) is 218 Å². The van der Waals surface area contributed by atoms with Gasteiger partial charge in [-0.2, -0.15) is 0 Å². The number of hydrogen-bond donors (Lipinski definition) is 0. The molecule has 22 aromatic rings. The first-order valence-electron chi connectivity index (χ1n) is 35.1. The Hall–Kier alpha value is -13.7. The average molecular weight is 1300 g/mol. The Morgan fingerprint density at radius 1 is 0.108 bits per heavy atom. The van der Waals surface area contributed by atoms with E-state index in [0.29, 0.717) is 0 Å². The van der Waals surface area contributed by atoms with E-state index in [2.05, 4.69) is 404 Å². The first kappa shape index (κ1) is 57.4. The van der Waals surface area contributed by atoms with Crippen LogP contribution in [0.15, 0.2) is 376 Å². The number of aromatic nitrogens is 6. The second kappa shape index (κ2) is 23.0. The van der Waals surface area contributed by atoms with Crippen LogP contribution in [0.5, 0.6) is 0 Å². The number of nitrogens with zero attached hydrogens (tertiary/aromatic N) is 6. The van der Waals surface area contributed by atoms with Crippen LogP contribution in [-0.2, 0) is 0 Å². The molecule has 0 unspecified atom stereocenters. The molecule has 0 fully saturated rings. The molecule has 6 aromatic heterocycles. The largest absolute Gasteiger partial charge is 0.309 e. The van der Waals surface area contributed by atoms with Crippen LogP contribution in [0.3, 0.4) is 0 Å². The van der Waals surface area contributed by atoms with E-state index >= 15 is 0 Å². The highest BCUT2D eigenvalue weighted by Crippen LogP contribution is 2.43. The van der Waals surface area contributed by atoms with Crippen molar-refractivity contribution in [2.75, 3.05) is 0 Å². The molecule has 0 atom stereocenters. The monoisotopic (exact) mass is 1300 g/mol. The molecule has 0 aliphatic heterocycles. The van der Waals surface area contributed by atoms with Crippen LogP contribution in [0.2, 0.25) is 0 Å². The predicted molar refractivity (Wildman–Crippen MR) is 430 cm³/mol. The van der Waals surface area contributed by atoms with E-state index in [9.17, 15) is 0 Å². The highest BCUT2D eigenvalue weighted by atomic mass is 15.0. The molecule has 6 nitrogen and oxygen atoms in total. The van der Waals surface area contributed by atoms with Gasteiger partial charge in [-0.15, -0.1) is 0 Å². The maximum absolute atomic E-state index is 2.43. The van der Waals surface area contributed by atoms with E-state index in [4.69, 9.17) is 0 Å². The summed E-state index contributed by atoms with van der Waals surface area (Å²) in [7, 11) is 0. The summed E-state index contributed by atoms with van der Waals surface area (Å²) in [6, 6.07) is 137. The Morgan fingerprint density at radius 2 is 0.314 bits per heavy atom. The van der Waals surface area contributed by atoms with Crippen LogP contribution in [0.1, 0.15) is 0 Å². The van der Waals surface area contributed by atoms with E-state index in [1.165, 1.54) is 164 Å². The molecule has 0 N–H and O–H groups in total. The van der Waals surface area contributed by atoms with E-state index < -0.39 is 0 Å². The summed E-state index contributed by atoms with van der Waals surface area (Å²) >= 11 is 0. The Morgan fingerprint density at radius 3 is 0.657 bits per heavy atom. The van der Waals surface area contributed by atoms with Gasteiger partial charge in [-0.05, 0) is 180 Å². The van der Waals surface area contributed by atoms with Gasteiger partial charge >= 0.3 is 0 Å². The third-order valence-electron chi connectivity index (χ3n) is 21.3. The SMILES string of the molecule is c1ccc(-n2c3ccccc3c3cc(-n4c5ccccc5c5cc(-c6ccc(-n7c8ccccc8c8ccccc87)cc6)ccc54)ccc32)cc1.c1ccc(-n2c3ccccc3c3cc(-n4c5ccccc5c5cc(-c6cccc(-n7c8ccccc8c8ccccc87)c6)ccc54)ccc32)cc1. The molecule has 476 valence electrons. The van der Waals surface area contributed by atoms with Gasteiger partial charge in [0, 0.05) is 98.8 Å². The fourth-order valence-electron chi connectivity index (χ4n) is 16.8. The van der Waals surface area contributed by atoms with Gasteiger partial charge in [0.2, 0.25) is 0 Å². The zero-order chi connectivity index (χ0) is 66.9. The number of benzene rings is 16. The minimum absolute atomic E-state index is 1.16. The van der Waals surface area contributed by atoms with Crippen molar-refractivity contribution in [1.82, 2.24) is 27.4 Å². The van der Waals surface area contributed by atoms with Crippen molar-refractivity contribution in [3.63, 3.8) is 0 Å². The Bertz CT molecular complexity index is 7010. The number of rotatable bonds is 8. The van der Waals surface area contributed by atoms with E-state index in [0.717, 1.165) is 22.7 Å². The molecule has 0 aliphatic carbocycles. The lowest BCUT2D eigenvalue weighted by Crippen LogP contribution is -1.95. The quantitative estimate of drug-likeness (QED) is 0.145. The lowest BCUT2D eigenvalue weighted by molar-refractivity contribution is 1.16.